The number of carbonyl (C=O) groups is 1. The summed E-state index contributed by atoms with van der Waals surface area (Å²) in [6, 6.07) is 5.68. The molecule has 0 radical (unpaired) electrons. The molecular weight excluding hydrogens is 322 g/mol. The van der Waals surface area contributed by atoms with Crippen molar-refractivity contribution in [3.63, 3.8) is 0 Å². The minimum atomic E-state index is -0.0306. The molecule has 2 aliphatic rings. The highest BCUT2D eigenvalue weighted by Crippen LogP contribution is 2.38. The Kier molecular flexibility index (Phi) is 4.21. The number of rotatable bonds is 4. The summed E-state index contributed by atoms with van der Waals surface area (Å²) in [7, 11) is 0. The van der Waals surface area contributed by atoms with Crippen LogP contribution in [0, 0.1) is 0 Å². The standard InChI is InChI=1S/C18H21N3O4/c1-2-3-7-19-18(22)21-8-6-14-13(10-21)17(20-25-14)12-4-5-15-16(9-12)24-11-23-15/h4-5,9H,2-3,6-8,10-11H2,1H3,(H,19,22). The molecule has 0 unspecified atom stereocenters. The van der Waals surface area contributed by atoms with Gasteiger partial charge in [-0.05, 0) is 24.6 Å². The van der Waals surface area contributed by atoms with E-state index < -0.39 is 0 Å². The van der Waals surface area contributed by atoms with Crippen molar-refractivity contribution in [3.05, 3.63) is 29.5 Å². The van der Waals surface area contributed by atoms with Gasteiger partial charge in [0.2, 0.25) is 6.79 Å². The lowest BCUT2D eigenvalue weighted by Gasteiger charge is -2.26. The Morgan fingerprint density at radius 2 is 2.20 bits per heavy atom. The van der Waals surface area contributed by atoms with Crippen LogP contribution in [0.1, 0.15) is 31.1 Å². The average molecular weight is 343 g/mol. The van der Waals surface area contributed by atoms with E-state index in [1.165, 1.54) is 0 Å². The van der Waals surface area contributed by atoms with E-state index in [4.69, 9.17) is 14.0 Å². The Bertz CT molecular complexity index is 787. The van der Waals surface area contributed by atoms with Crippen molar-refractivity contribution in [2.45, 2.75) is 32.7 Å². The quantitative estimate of drug-likeness (QED) is 0.864. The summed E-state index contributed by atoms with van der Waals surface area (Å²) in [4.78, 5) is 14.1. The largest absolute Gasteiger partial charge is 0.454 e. The van der Waals surface area contributed by atoms with Crippen molar-refractivity contribution in [1.29, 1.82) is 0 Å². The summed E-state index contributed by atoms with van der Waals surface area (Å²) in [5.41, 5.74) is 2.64. The Labute approximate surface area is 145 Å². The van der Waals surface area contributed by atoms with Crippen molar-refractivity contribution in [2.75, 3.05) is 19.9 Å². The van der Waals surface area contributed by atoms with Gasteiger partial charge in [-0.2, -0.15) is 0 Å². The Morgan fingerprint density at radius 1 is 1.32 bits per heavy atom. The van der Waals surface area contributed by atoms with Gasteiger partial charge in [-0.3, -0.25) is 0 Å². The fraction of sp³-hybridized carbons (Fsp3) is 0.444. The van der Waals surface area contributed by atoms with Crippen LogP contribution in [0.15, 0.2) is 22.7 Å². The number of nitrogens with zero attached hydrogens (tertiary/aromatic N) is 2. The lowest BCUT2D eigenvalue weighted by Crippen LogP contribution is -2.42. The van der Waals surface area contributed by atoms with Crippen molar-refractivity contribution in [3.8, 4) is 22.8 Å². The van der Waals surface area contributed by atoms with Crippen LogP contribution in [0.3, 0.4) is 0 Å². The number of ether oxygens (including phenoxy) is 2. The zero-order valence-electron chi connectivity index (χ0n) is 14.2. The molecule has 0 fully saturated rings. The Hall–Kier alpha value is -2.70. The van der Waals surface area contributed by atoms with Crippen molar-refractivity contribution in [2.24, 2.45) is 0 Å². The van der Waals surface area contributed by atoms with Gasteiger partial charge < -0.3 is 24.2 Å². The first kappa shape index (κ1) is 15.8. The lowest BCUT2D eigenvalue weighted by molar-refractivity contribution is 0.174. The minimum absolute atomic E-state index is 0.0306. The van der Waals surface area contributed by atoms with E-state index in [0.29, 0.717) is 31.8 Å². The van der Waals surface area contributed by atoms with Crippen LogP contribution in [0.4, 0.5) is 4.79 Å². The van der Waals surface area contributed by atoms with Gasteiger partial charge in [0, 0.05) is 30.6 Å². The van der Waals surface area contributed by atoms with Crippen LogP contribution in [0.25, 0.3) is 11.3 Å². The van der Waals surface area contributed by atoms with Gasteiger partial charge in [-0.25, -0.2) is 4.79 Å². The number of benzene rings is 1. The summed E-state index contributed by atoms with van der Waals surface area (Å²) in [6.07, 6.45) is 2.72. The molecule has 7 nitrogen and oxygen atoms in total. The molecule has 0 atom stereocenters. The molecule has 2 aromatic rings. The fourth-order valence-corrected chi connectivity index (χ4v) is 3.14. The number of urea groups is 1. The van der Waals surface area contributed by atoms with Crippen LogP contribution in [-0.4, -0.2) is 36.0 Å². The zero-order chi connectivity index (χ0) is 17.2. The third kappa shape index (κ3) is 3.01. The maximum Gasteiger partial charge on any atom is 0.317 e. The number of fused-ring (bicyclic) bond motifs is 2. The maximum absolute atomic E-state index is 12.3. The monoisotopic (exact) mass is 343 g/mol. The van der Waals surface area contributed by atoms with E-state index in [0.717, 1.165) is 41.2 Å². The molecule has 132 valence electrons. The molecule has 25 heavy (non-hydrogen) atoms. The van der Waals surface area contributed by atoms with E-state index in [9.17, 15) is 4.79 Å². The number of amides is 2. The first-order valence-electron chi connectivity index (χ1n) is 8.66. The molecule has 0 saturated carbocycles. The normalized spacial score (nSPS) is 15.2. The number of unbranched alkanes of at least 4 members (excludes halogenated alkanes) is 1. The predicted octanol–water partition coefficient (Wildman–Crippen LogP) is 2.94. The molecule has 2 aliphatic heterocycles. The Balaban J connectivity index is 1.54. The summed E-state index contributed by atoms with van der Waals surface area (Å²) < 4.78 is 16.3. The third-order valence-electron chi connectivity index (χ3n) is 4.57. The molecule has 1 aromatic heterocycles. The van der Waals surface area contributed by atoms with Gasteiger partial charge in [0.05, 0.1) is 6.54 Å². The number of carbonyl (C=O) groups excluding carboxylic acids is 1. The zero-order valence-corrected chi connectivity index (χ0v) is 14.2. The van der Waals surface area contributed by atoms with Gasteiger partial charge in [0.25, 0.3) is 0 Å². The second kappa shape index (κ2) is 6.66. The molecule has 0 bridgehead atoms. The van der Waals surface area contributed by atoms with E-state index in [-0.39, 0.29) is 12.8 Å². The van der Waals surface area contributed by atoms with E-state index in [1.807, 2.05) is 23.1 Å². The first-order chi connectivity index (χ1) is 12.3. The van der Waals surface area contributed by atoms with Crippen molar-refractivity contribution < 1.29 is 18.8 Å². The summed E-state index contributed by atoms with van der Waals surface area (Å²) in [5, 5.41) is 7.20. The van der Waals surface area contributed by atoms with Crippen LogP contribution >= 0.6 is 0 Å². The van der Waals surface area contributed by atoms with E-state index in [1.54, 1.807) is 0 Å². The molecule has 1 N–H and O–H groups in total. The first-order valence-corrected chi connectivity index (χ1v) is 8.66. The summed E-state index contributed by atoms with van der Waals surface area (Å²) >= 11 is 0. The number of hydrogen-bond acceptors (Lipinski definition) is 5. The van der Waals surface area contributed by atoms with Crippen LogP contribution in [-0.2, 0) is 13.0 Å². The number of hydrogen-bond donors (Lipinski definition) is 1. The molecule has 1 aromatic carbocycles. The Morgan fingerprint density at radius 3 is 3.08 bits per heavy atom. The van der Waals surface area contributed by atoms with Crippen LogP contribution < -0.4 is 14.8 Å². The highest BCUT2D eigenvalue weighted by molar-refractivity contribution is 5.75. The van der Waals surface area contributed by atoms with Gasteiger partial charge in [-0.1, -0.05) is 18.5 Å². The van der Waals surface area contributed by atoms with Crippen molar-refractivity contribution in [1.82, 2.24) is 15.4 Å². The molecule has 7 heteroatoms. The second-order valence-electron chi connectivity index (χ2n) is 6.26. The van der Waals surface area contributed by atoms with Gasteiger partial charge in [0.15, 0.2) is 11.5 Å². The number of aromatic nitrogens is 1. The molecule has 0 saturated heterocycles. The van der Waals surface area contributed by atoms with E-state index in [2.05, 4.69) is 17.4 Å². The number of nitrogens with one attached hydrogen (secondary N) is 1. The topological polar surface area (TPSA) is 76.8 Å². The SMILES string of the molecule is CCCCNC(=O)N1CCc2onc(-c3ccc4c(c3)OCO4)c2C1. The highest BCUT2D eigenvalue weighted by atomic mass is 16.7. The van der Waals surface area contributed by atoms with E-state index >= 15 is 0 Å². The summed E-state index contributed by atoms with van der Waals surface area (Å²) in [5.74, 6) is 2.29. The molecular formula is C18H21N3O4. The summed E-state index contributed by atoms with van der Waals surface area (Å²) in [6.45, 7) is 4.19. The molecule has 0 spiro atoms. The van der Waals surface area contributed by atoms with Gasteiger partial charge in [-0.15, -0.1) is 0 Å². The molecule has 4 rings (SSSR count). The predicted molar refractivity (Wildman–Crippen MR) is 90.5 cm³/mol. The third-order valence-corrected chi connectivity index (χ3v) is 4.57. The lowest BCUT2D eigenvalue weighted by atomic mass is 10.0. The van der Waals surface area contributed by atoms with Crippen LogP contribution in [0.5, 0.6) is 11.5 Å². The van der Waals surface area contributed by atoms with Gasteiger partial charge >= 0.3 is 6.03 Å². The fourth-order valence-electron chi connectivity index (χ4n) is 3.14. The minimum Gasteiger partial charge on any atom is -0.454 e. The highest BCUT2D eigenvalue weighted by Gasteiger charge is 2.28. The molecule has 3 heterocycles. The van der Waals surface area contributed by atoms with Crippen molar-refractivity contribution >= 4 is 6.03 Å². The maximum atomic E-state index is 12.3. The second-order valence-corrected chi connectivity index (χ2v) is 6.26. The molecule has 2 amide bonds. The van der Waals surface area contributed by atoms with Crippen LogP contribution in [0.2, 0.25) is 0 Å². The average Bonchev–Trinajstić information content (AvgIpc) is 3.27. The molecule has 0 aliphatic carbocycles. The smallest absolute Gasteiger partial charge is 0.317 e. The van der Waals surface area contributed by atoms with Gasteiger partial charge in [0.1, 0.15) is 11.5 Å².